The van der Waals surface area contributed by atoms with Gasteiger partial charge in [0.2, 0.25) is 0 Å². The quantitative estimate of drug-likeness (QED) is 0.619. The fourth-order valence-corrected chi connectivity index (χ4v) is 2.97. The van der Waals surface area contributed by atoms with Crippen molar-refractivity contribution in [3.63, 3.8) is 0 Å². The minimum atomic E-state index is -1.35. The highest BCUT2D eigenvalue weighted by molar-refractivity contribution is 6.33. The maximum atomic E-state index is 13.5. The highest BCUT2D eigenvalue weighted by atomic mass is 35.5. The molecule has 3 rings (SSSR count). The number of carbonyl (C=O) groups excluding carboxylic acids is 2. The Morgan fingerprint density at radius 3 is 2.62 bits per heavy atom. The third-order valence-corrected chi connectivity index (χ3v) is 4.81. The molecule has 1 aromatic heterocycles. The number of ether oxygens (including phenoxy) is 2. The molecular formula is C21H27ClFN5O4. The molecule has 1 aromatic carbocycles. The van der Waals surface area contributed by atoms with Gasteiger partial charge in [-0.1, -0.05) is 17.7 Å². The van der Waals surface area contributed by atoms with Crippen molar-refractivity contribution in [3.05, 3.63) is 35.1 Å². The van der Waals surface area contributed by atoms with Crippen LogP contribution in [0.15, 0.2) is 24.5 Å². The molecule has 2 aromatic rings. The molecule has 1 fully saturated rings. The fraction of sp³-hybridized carbons (Fsp3) is 0.524. The van der Waals surface area contributed by atoms with Crippen molar-refractivity contribution in [3.8, 4) is 11.4 Å². The largest absolute Gasteiger partial charge is 0.447 e. The summed E-state index contributed by atoms with van der Waals surface area (Å²) < 4.78 is 25.3. The van der Waals surface area contributed by atoms with E-state index in [0.717, 1.165) is 17.5 Å². The monoisotopic (exact) mass is 467 g/mol. The molecule has 0 spiro atoms. The van der Waals surface area contributed by atoms with E-state index in [1.54, 1.807) is 39.0 Å². The van der Waals surface area contributed by atoms with Gasteiger partial charge in [-0.3, -0.25) is 0 Å². The Morgan fingerprint density at radius 1 is 1.31 bits per heavy atom. The molecule has 174 valence electrons. The Balaban J connectivity index is 1.82. The van der Waals surface area contributed by atoms with Crippen molar-refractivity contribution < 1.29 is 23.5 Å². The molecule has 1 aliphatic carbocycles. The number of alkyl halides is 1. The molecule has 9 nitrogen and oxygen atoms in total. The number of alkyl carbamates (subject to hydrolysis) is 2. The third kappa shape index (κ3) is 6.81. The van der Waals surface area contributed by atoms with E-state index in [0.29, 0.717) is 16.1 Å². The van der Waals surface area contributed by atoms with Gasteiger partial charge in [0.15, 0.2) is 12.1 Å². The van der Waals surface area contributed by atoms with Gasteiger partial charge in [0.05, 0.1) is 11.1 Å². The van der Waals surface area contributed by atoms with Gasteiger partial charge in [0, 0.05) is 11.6 Å². The minimum absolute atomic E-state index is 0.137. The first-order chi connectivity index (χ1) is 15.0. The molecule has 1 unspecified atom stereocenters. The van der Waals surface area contributed by atoms with E-state index < -0.39 is 30.1 Å². The summed E-state index contributed by atoms with van der Waals surface area (Å²) >= 11 is 6.32. The minimum Gasteiger partial charge on any atom is -0.447 e. The molecule has 2 amide bonds. The summed E-state index contributed by atoms with van der Waals surface area (Å²) in [6, 6.07) is 4.37. The van der Waals surface area contributed by atoms with Crippen LogP contribution in [0.25, 0.3) is 11.4 Å². The van der Waals surface area contributed by atoms with Gasteiger partial charge >= 0.3 is 12.2 Å². The maximum Gasteiger partial charge on any atom is 0.408 e. The second kappa shape index (κ2) is 9.72. The number of amides is 2. The Kier molecular flexibility index (Phi) is 7.22. The van der Waals surface area contributed by atoms with E-state index in [1.165, 1.54) is 13.3 Å². The van der Waals surface area contributed by atoms with Gasteiger partial charge in [-0.15, -0.1) is 5.10 Å². The zero-order chi connectivity index (χ0) is 23.5. The van der Waals surface area contributed by atoms with Crippen LogP contribution in [0.2, 0.25) is 5.02 Å². The van der Waals surface area contributed by atoms with Gasteiger partial charge in [-0.2, -0.15) is 0 Å². The number of hydrogen-bond acceptors (Lipinski definition) is 6. The predicted molar refractivity (Wildman–Crippen MR) is 116 cm³/mol. The summed E-state index contributed by atoms with van der Waals surface area (Å²) in [6.07, 6.45) is 0.538. The molecule has 0 bridgehead atoms. The highest BCUT2D eigenvalue weighted by Gasteiger charge is 2.26. The number of hydrogen-bond donors (Lipinski definition) is 2. The van der Waals surface area contributed by atoms with Gasteiger partial charge in [-0.25, -0.2) is 23.6 Å². The van der Waals surface area contributed by atoms with Crippen molar-refractivity contribution in [2.75, 3.05) is 6.61 Å². The normalized spacial score (nSPS) is 15.6. The Hall–Kier alpha value is -2.88. The van der Waals surface area contributed by atoms with E-state index in [1.807, 2.05) is 0 Å². The molecule has 11 heteroatoms. The molecule has 1 aliphatic rings. The van der Waals surface area contributed by atoms with Crippen LogP contribution in [0.3, 0.4) is 0 Å². The van der Waals surface area contributed by atoms with E-state index in [4.69, 9.17) is 21.1 Å². The summed E-state index contributed by atoms with van der Waals surface area (Å²) in [7, 11) is 0. The predicted octanol–water partition coefficient (Wildman–Crippen LogP) is 4.54. The molecular weight excluding hydrogens is 441 g/mol. The molecule has 1 heterocycles. The number of nitrogens with one attached hydrogen (secondary N) is 2. The Labute approximate surface area is 190 Å². The zero-order valence-electron chi connectivity index (χ0n) is 18.4. The number of halogens is 2. The van der Waals surface area contributed by atoms with E-state index in [2.05, 4.69) is 20.7 Å². The number of rotatable bonds is 7. The van der Waals surface area contributed by atoms with Crippen LogP contribution in [0, 0.1) is 0 Å². The van der Waals surface area contributed by atoms with E-state index >= 15 is 0 Å². The van der Waals surface area contributed by atoms with Crippen LogP contribution >= 0.6 is 11.6 Å². The molecule has 2 N–H and O–H groups in total. The van der Waals surface area contributed by atoms with E-state index in [9.17, 15) is 14.0 Å². The fourth-order valence-electron chi connectivity index (χ4n) is 2.77. The lowest BCUT2D eigenvalue weighted by molar-refractivity contribution is 0.0470. The van der Waals surface area contributed by atoms with Gasteiger partial charge in [0.25, 0.3) is 0 Å². The van der Waals surface area contributed by atoms with Crippen LogP contribution in [-0.4, -0.2) is 45.2 Å². The molecule has 1 saturated carbocycles. The molecule has 0 aliphatic heterocycles. The first kappa shape index (κ1) is 23.8. The molecule has 32 heavy (non-hydrogen) atoms. The molecule has 2 atom stereocenters. The van der Waals surface area contributed by atoms with E-state index in [-0.39, 0.29) is 18.5 Å². The lowest BCUT2D eigenvalue weighted by Gasteiger charge is -2.24. The number of nitrogens with zero attached hydrogens (tertiary/aromatic N) is 3. The summed E-state index contributed by atoms with van der Waals surface area (Å²) in [4.78, 5) is 28.5. The van der Waals surface area contributed by atoms with Crippen LogP contribution in [-0.2, 0) is 9.47 Å². The van der Waals surface area contributed by atoms with Crippen molar-refractivity contribution in [2.24, 2.45) is 0 Å². The molecule has 0 saturated heterocycles. The second-order valence-corrected chi connectivity index (χ2v) is 8.98. The van der Waals surface area contributed by atoms with Crippen LogP contribution < -0.4 is 10.6 Å². The number of carbonyl (C=O) groups is 2. The van der Waals surface area contributed by atoms with Gasteiger partial charge in [0.1, 0.15) is 18.5 Å². The smallest absolute Gasteiger partial charge is 0.408 e. The third-order valence-electron chi connectivity index (χ3n) is 4.48. The van der Waals surface area contributed by atoms with Crippen molar-refractivity contribution in [2.45, 2.75) is 64.5 Å². The summed E-state index contributed by atoms with van der Waals surface area (Å²) in [5.41, 5.74) is 0.324. The summed E-state index contributed by atoms with van der Waals surface area (Å²) in [6.45, 7) is 6.43. The van der Waals surface area contributed by atoms with Crippen LogP contribution in [0.5, 0.6) is 0 Å². The molecule has 0 radical (unpaired) electrons. The number of benzene rings is 1. The number of aromatic nitrogens is 3. The first-order valence-electron chi connectivity index (χ1n) is 10.3. The average molecular weight is 468 g/mol. The topological polar surface area (TPSA) is 107 Å². The standard InChI is InChI=1S/C21H27ClFN5O4/c1-12(23)28-11-24-18(27-28)15-9-13(5-8-16(15)22)17(26-20(30)32-21(2,3)4)10-31-19(29)25-14-6-7-14/h5,8-9,11-12,14,17H,6-7,10H2,1-4H3,(H,25,29)(H,26,30)/t12?,17-/m1/s1. The van der Waals surface area contributed by atoms with Gasteiger partial charge in [-0.05, 0) is 58.2 Å². The lowest BCUT2D eigenvalue weighted by Crippen LogP contribution is -2.38. The van der Waals surface area contributed by atoms with Crippen LogP contribution in [0.4, 0.5) is 14.0 Å². The maximum absolute atomic E-state index is 13.5. The lowest BCUT2D eigenvalue weighted by atomic mass is 10.0. The highest BCUT2D eigenvalue weighted by Crippen LogP contribution is 2.29. The van der Waals surface area contributed by atoms with Crippen LogP contribution in [0.1, 0.15) is 58.4 Å². The average Bonchev–Trinajstić information content (AvgIpc) is 3.35. The van der Waals surface area contributed by atoms with Gasteiger partial charge < -0.3 is 20.1 Å². The van der Waals surface area contributed by atoms with Crippen molar-refractivity contribution in [1.29, 1.82) is 0 Å². The first-order valence-corrected chi connectivity index (χ1v) is 10.7. The Morgan fingerprint density at radius 2 is 2.03 bits per heavy atom. The van der Waals surface area contributed by atoms with Crippen molar-refractivity contribution >= 4 is 23.8 Å². The Bertz CT molecular complexity index is 971. The SMILES string of the molecule is CC(F)n1cnc(-c2cc([C@@H](COC(=O)NC3CC3)NC(=O)OC(C)(C)C)ccc2Cl)n1. The zero-order valence-corrected chi connectivity index (χ0v) is 19.1. The van der Waals surface area contributed by atoms with Crippen molar-refractivity contribution in [1.82, 2.24) is 25.4 Å². The summed E-state index contributed by atoms with van der Waals surface area (Å²) in [5, 5.41) is 9.90. The summed E-state index contributed by atoms with van der Waals surface area (Å²) in [5.74, 6) is 0.227. The second-order valence-electron chi connectivity index (χ2n) is 8.58.